The van der Waals surface area contributed by atoms with Gasteiger partial charge in [-0.15, -0.1) is 0 Å². The molecule has 1 atom stereocenters. The normalized spacial score (nSPS) is 11.7. The number of aryl methyl sites for hydroxylation is 1. The van der Waals surface area contributed by atoms with Crippen molar-refractivity contribution in [1.29, 1.82) is 0 Å². The van der Waals surface area contributed by atoms with Crippen LogP contribution in [0.4, 0.5) is 0 Å². The van der Waals surface area contributed by atoms with E-state index in [-0.39, 0.29) is 18.1 Å². The third-order valence-corrected chi connectivity index (χ3v) is 5.30. The second kappa shape index (κ2) is 13.3. The molecule has 0 fully saturated rings. The molecule has 0 aliphatic carbocycles. The Morgan fingerprint density at radius 3 is 2.41 bits per heavy atom. The van der Waals surface area contributed by atoms with Crippen LogP contribution in [-0.4, -0.2) is 54.8 Å². The van der Waals surface area contributed by atoms with Crippen LogP contribution in [-0.2, 0) is 12.8 Å². The molecular weight excluding hydrogens is 434 g/mol. The third-order valence-electron chi connectivity index (χ3n) is 5.30. The molecule has 4 N–H and O–H groups in total. The lowest BCUT2D eigenvalue weighted by Gasteiger charge is -2.14. The van der Waals surface area contributed by atoms with Gasteiger partial charge in [0.25, 0.3) is 0 Å². The van der Waals surface area contributed by atoms with Crippen molar-refractivity contribution in [2.24, 2.45) is 0 Å². The zero-order valence-electron chi connectivity index (χ0n) is 19.4. The predicted octanol–water partition coefficient (Wildman–Crippen LogP) is 3.69. The molecule has 0 saturated heterocycles. The van der Waals surface area contributed by atoms with Gasteiger partial charge >= 0.3 is 0 Å². The SMILES string of the molecule is COc1cc(CCNCC(O)COc2ccc(O)c(O)c2)ccc1OCCCc1ccccc1. The summed E-state index contributed by atoms with van der Waals surface area (Å²) in [5, 5.41) is 32.1. The first-order chi connectivity index (χ1) is 16.5. The first-order valence-electron chi connectivity index (χ1n) is 11.4. The van der Waals surface area contributed by atoms with Crippen LogP contribution in [0.1, 0.15) is 17.5 Å². The third kappa shape index (κ3) is 8.17. The molecule has 3 rings (SSSR count). The summed E-state index contributed by atoms with van der Waals surface area (Å²) >= 11 is 0. The first-order valence-corrected chi connectivity index (χ1v) is 11.4. The van der Waals surface area contributed by atoms with E-state index in [0.717, 1.165) is 30.6 Å². The highest BCUT2D eigenvalue weighted by Crippen LogP contribution is 2.29. The van der Waals surface area contributed by atoms with Crippen LogP contribution in [0.5, 0.6) is 28.7 Å². The highest BCUT2D eigenvalue weighted by atomic mass is 16.5. The van der Waals surface area contributed by atoms with Crippen LogP contribution in [0.3, 0.4) is 0 Å². The number of benzene rings is 3. The fraction of sp³-hybridized carbons (Fsp3) is 0.333. The van der Waals surface area contributed by atoms with Gasteiger partial charge in [-0.3, -0.25) is 0 Å². The van der Waals surface area contributed by atoms with Gasteiger partial charge in [0.05, 0.1) is 13.7 Å². The molecule has 0 aromatic heterocycles. The highest BCUT2D eigenvalue weighted by molar-refractivity contribution is 5.44. The number of rotatable bonds is 14. The van der Waals surface area contributed by atoms with E-state index in [1.807, 2.05) is 36.4 Å². The van der Waals surface area contributed by atoms with Crippen molar-refractivity contribution in [3.8, 4) is 28.7 Å². The second-order valence-corrected chi connectivity index (χ2v) is 7.99. The van der Waals surface area contributed by atoms with E-state index in [0.29, 0.717) is 31.2 Å². The summed E-state index contributed by atoms with van der Waals surface area (Å²) in [5.74, 6) is 1.35. The molecule has 182 valence electrons. The summed E-state index contributed by atoms with van der Waals surface area (Å²) < 4.78 is 16.9. The minimum Gasteiger partial charge on any atom is -0.504 e. The fourth-order valence-electron chi connectivity index (χ4n) is 3.44. The Hall–Kier alpha value is -3.42. The van der Waals surface area contributed by atoms with Crippen LogP contribution in [0, 0.1) is 0 Å². The summed E-state index contributed by atoms with van der Waals surface area (Å²) in [6, 6.07) is 20.5. The van der Waals surface area contributed by atoms with Crippen molar-refractivity contribution < 1.29 is 29.5 Å². The smallest absolute Gasteiger partial charge is 0.161 e. The molecule has 34 heavy (non-hydrogen) atoms. The summed E-state index contributed by atoms with van der Waals surface area (Å²) in [6.45, 7) is 1.73. The van der Waals surface area contributed by atoms with Crippen molar-refractivity contribution >= 4 is 0 Å². The molecule has 0 radical (unpaired) electrons. The largest absolute Gasteiger partial charge is 0.504 e. The summed E-state index contributed by atoms with van der Waals surface area (Å²) in [6.07, 6.45) is 1.96. The van der Waals surface area contributed by atoms with Crippen molar-refractivity contribution in [1.82, 2.24) is 5.32 Å². The molecule has 7 nitrogen and oxygen atoms in total. The number of aliphatic hydroxyl groups is 1. The molecule has 0 aliphatic rings. The van der Waals surface area contributed by atoms with E-state index >= 15 is 0 Å². The molecule has 0 aliphatic heterocycles. The Balaban J connectivity index is 1.35. The maximum Gasteiger partial charge on any atom is 0.161 e. The van der Waals surface area contributed by atoms with Crippen molar-refractivity contribution in [2.75, 3.05) is 33.4 Å². The van der Waals surface area contributed by atoms with Crippen LogP contribution in [0.15, 0.2) is 66.7 Å². The maximum atomic E-state index is 10.1. The zero-order chi connectivity index (χ0) is 24.2. The minimum atomic E-state index is -0.711. The Labute approximate surface area is 200 Å². The van der Waals surface area contributed by atoms with E-state index < -0.39 is 6.10 Å². The molecule has 0 saturated carbocycles. The topological polar surface area (TPSA) is 100 Å². The molecule has 1 unspecified atom stereocenters. The quantitative estimate of drug-likeness (QED) is 0.212. The highest BCUT2D eigenvalue weighted by Gasteiger charge is 2.09. The molecule has 0 heterocycles. The molecule has 0 bridgehead atoms. The average Bonchev–Trinajstić information content (AvgIpc) is 2.86. The second-order valence-electron chi connectivity index (χ2n) is 7.99. The number of hydrogen-bond donors (Lipinski definition) is 4. The molecule has 0 amide bonds. The summed E-state index contributed by atoms with van der Waals surface area (Å²) in [4.78, 5) is 0. The van der Waals surface area contributed by atoms with Gasteiger partial charge in [0, 0.05) is 12.6 Å². The molecule has 3 aromatic rings. The Kier molecular flexibility index (Phi) is 9.88. The maximum absolute atomic E-state index is 10.1. The number of phenolic OH excluding ortho intramolecular Hbond substituents is 2. The van der Waals surface area contributed by atoms with Crippen molar-refractivity contribution in [2.45, 2.75) is 25.4 Å². The van der Waals surface area contributed by atoms with E-state index in [4.69, 9.17) is 14.2 Å². The fourth-order valence-corrected chi connectivity index (χ4v) is 3.44. The Morgan fingerprint density at radius 1 is 0.824 bits per heavy atom. The van der Waals surface area contributed by atoms with Gasteiger partial charge in [0.15, 0.2) is 23.0 Å². The van der Waals surface area contributed by atoms with Crippen LogP contribution in [0.2, 0.25) is 0 Å². The standard InChI is InChI=1S/C27H33NO6/c1-32-27-16-21(9-12-26(27)33-15-5-8-20-6-3-2-4-7-20)13-14-28-18-22(29)19-34-23-10-11-24(30)25(31)17-23/h2-4,6-7,9-12,16-17,22,28-31H,5,8,13-15,18-19H2,1H3. The van der Waals surface area contributed by atoms with E-state index in [9.17, 15) is 15.3 Å². The number of methoxy groups -OCH3 is 1. The monoisotopic (exact) mass is 467 g/mol. The number of hydrogen-bond acceptors (Lipinski definition) is 7. The number of nitrogens with one attached hydrogen (secondary N) is 1. The number of aromatic hydroxyl groups is 2. The van der Waals surface area contributed by atoms with E-state index in [1.54, 1.807) is 7.11 Å². The van der Waals surface area contributed by atoms with E-state index in [2.05, 4.69) is 17.4 Å². The lowest BCUT2D eigenvalue weighted by atomic mass is 10.1. The van der Waals surface area contributed by atoms with Crippen LogP contribution >= 0.6 is 0 Å². The molecule has 3 aromatic carbocycles. The van der Waals surface area contributed by atoms with Crippen LogP contribution < -0.4 is 19.5 Å². The van der Waals surface area contributed by atoms with Gasteiger partial charge in [-0.1, -0.05) is 36.4 Å². The Bertz CT molecular complexity index is 1010. The number of ether oxygens (including phenoxy) is 3. The van der Waals surface area contributed by atoms with Gasteiger partial charge in [0.1, 0.15) is 18.5 Å². The van der Waals surface area contributed by atoms with Crippen molar-refractivity contribution in [3.05, 3.63) is 77.9 Å². The average molecular weight is 468 g/mol. The van der Waals surface area contributed by atoms with E-state index in [1.165, 1.54) is 23.8 Å². The Morgan fingerprint density at radius 2 is 1.65 bits per heavy atom. The molecule has 7 heteroatoms. The summed E-state index contributed by atoms with van der Waals surface area (Å²) in [5.41, 5.74) is 2.41. The predicted molar refractivity (Wildman–Crippen MR) is 131 cm³/mol. The van der Waals surface area contributed by atoms with Gasteiger partial charge < -0.3 is 34.8 Å². The first kappa shape index (κ1) is 25.2. The lowest BCUT2D eigenvalue weighted by Crippen LogP contribution is -2.32. The van der Waals surface area contributed by atoms with Gasteiger partial charge in [-0.25, -0.2) is 0 Å². The van der Waals surface area contributed by atoms with Gasteiger partial charge in [-0.05, 0) is 61.2 Å². The number of aliphatic hydroxyl groups excluding tert-OH is 1. The van der Waals surface area contributed by atoms with Crippen molar-refractivity contribution in [3.63, 3.8) is 0 Å². The lowest BCUT2D eigenvalue weighted by molar-refractivity contribution is 0.106. The summed E-state index contributed by atoms with van der Waals surface area (Å²) in [7, 11) is 1.64. The minimum absolute atomic E-state index is 0.0708. The zero-order valence-corrected chi connectivity index (χ0v) is 19.4. The number of phenols is 2. The van der Waals surface area contributed by atoms with Gasteiger partial charge in [-0.2, -0.15) is 0 Å². The van der Waals surface area contributed by atoms with Gasteiger partial charge in [0.2, 0.25) is 0 Å². The molecule has 0 spiro atoms. The van der Waals surface area contributed by atoms with Crippen LogP contribution in [0.25, 0.3) is 0 Å². The molecular formula is C27H33NO6.